The Morgan fingerprint density at radius 1 is 0.778 bits per heavy atom. The molecule has 1 aromatic rings. The van der Waals surface area contributed by atoms with Crippen molar-refractivity contribution >= 4 is 41.4 Å². The van der Waals surface area contributed by atoms with Gasteiger partial charge in [0.2, 0.25) is 6.04 Å². The maximum Gasteiger partial charge on any atom is 0.328 e. The molecule has 13 nitrogen and oxygen atoms in total. The number of nitrogens with two attached hydrogens (primary N) is 1. The van der Waals surface area contributed by atoms with Crippen LogP contribution in [0.5, 0.6) is 0 Å². The Hall–Kier alpha value is -4.16. The first-order valence-electron chi connectivity index (χ1n) is 7.34. The fourth-order valence-corrected chi connectivity index (χ4v) is 2.42. The van der Waals surface area contributed by atoms with E-state index in [0.29, 0.717) is 5.69 Å². The van der Waals surface area contributed by atoms with Crippen molar-refractivity contribution in [3.8, 4) is 0 Å². The zero-order valence-corrected chi connectivity index (χ0v) is 13.3. The highest BCUT2D eigenvalue weighted by molar-refractivity contribution is 6.23. The van der Waals surface area contributed by atoms with Crippen molar-refractivity contribution in [3.63, 3.8) is 0 Å². The average molecular weight is 373 g/mol. The smallest absolute Gasteiger partial charge is 0.328 e. The molecular formula is C14H11N7O6. The number of carbonyl (C=O) groups excluding carboxylic acids is 6. The second-order valence-electron chi connectivity index (χ2n) is 5.50. The van der Waals surface area contributed by atoms with E-state index in [9.17, 15) is 28.8 Å². The number of rotatable bonds is 3. The molecule has 0 spiro atoms. The molecule has 1 aromatic carbocycles. The van der Waals surface area contributed by atoms with Crippen molar-refractivity contribution in [1.29, 1.82) is 0 Å². The number of nitrogen functional groups attached to an aromatic ring is 1. The Morgan fingerprint density at radius 3 is 1.78 bits per heavy atom. The number of azo groups is 1. The zero-order chi connectivity index (χ0) is 19.8. The van der Waals surface area contributed by atoms with Gasteiger partial charge in [0.05, 0.1) is 0 Å². The highest BCUT2D eigenvalue weighted by Crippen LogP contribution is 2.30. The minimum atomic E-state index is -2.39. The Balaban J connectivity index is 2.07. The standard InChI is InChI=1S/C14H11N7O6/c15-6-3-1-5(2-4-6)14(10(24)18-13(27)19-11(14)25)21-20-7-8(22)16-12(26)17-9(7)23/h1-4,7H,15H2,(H2,16,17,22,23,26)(H2,18,19,24,25,27). The summed E-state index contributed by atoms with van der Waals surface area (Å²) < 4.78 is 0. The molecule has 2 aliphatic rings. The van der Waals surface area contributed by atoms with E-state index in [1.807, 2.05) is 10.6 Å². The van der Waals surface area contributed by atoms with Crippen LogP contribution < -0.4 is 27.0 Å². The number of anilines is 1. The number of nitrogens with zero attached hydrogens (tertiary/aromatic N) is 2. The molecule has 0 bridgehead atoms. The van der Waals surface area contributed by atoms with E-state index in [0.717, 1.165) is 0 Å². The van der Waals surface area contributed by atoms with Crippen molar-refractivity contribution in [1.82, 2.24) is 21.3 Å². The highest BCUT2D eigenvalue weighted by atomic mass is 16.2. The molecule has 0 atom stereocenters. The Bertz CT molecular complexity index is 882. The summed E-state index contributed by atoms with van der Waals surface area (Å²) in [4.78, 5) is 71.0. The number of hydrogen-bond acceptors (Lipinski definition) is 9. The van der Waals surface area contributed by atoms with Crippen molar-refractivity contribution in [2.45, 2.75) is 11.6 Å². The molecule has 8 amide bonds. The third kappa shape index (κ3) is 2.97. The van der Waals surface area contributed by atoms with E-state index in [2.05, 4.69) is 10.2 Å². The molecule has 0 saturated carbocycles. The lowest BCUT2D eigenvalue weighted by atomic mass is 9.87. The minimum Gasteiger partial charge on any atom is -0.399 e. The normalized spacial score (nSPS) is 20.1. The van der Waals surface area contributed by atoms with E-state index in [-0.39, 0.29) is 5.56 Å². The molecule has 2 aliphatic heterocycles. The van der Waals surface area contributed by atoms with Gasteiger partial charge in [-0.15, -0.1) is 0 Å². The van der Waals surface area contributed by atoms with Gasteiger partial charge in [0.15, 0.2) is 0 Å². The van der Waals surface area contributed by atoms with Gasteiger partial charge in [-0.05, 0) is 12.1 Å². The quantitative estimate of drug-likeness (QED) is 0.229. The van der Waals surface area contributed by atoms with Crippen molar-refractivity contribution in [2.24, 2.45) is 10.2 Å². The fraction of sp³-hybridized carbons (Fsp3) is 0.143. The number of benzene rings is 1. The summed E-state index contributed by atoms with van der Waals surface area (Å²) in [7, 11) is 0. The number of amides is 8. The summed E-state index contributed by atoms with van der Waals surface area (Å²) in [6.07, 6.45) is 0. The molecule has 138 valence electrons. The van der Waals surface area contributed by atoms with Gasteiger partial charge in [0.1, 0.15) is 0 Å². The van der Waals surface area contributed by atoms with E-state index >= 15 is 0 Å². The van der Waals surface area contributed by atoms with E-state index in [4.69, 9.17) is 5.73 Å². The van der Waals surface area contributed by atoms with Gasteiger partial charge in [-0.3, -0.25) is 40.4 Å². The third-order valence-corrected chi connectivity index (χ3v) is 3.73. The lowest BCUT2D eigenvalue weighted by molar-refractivity contribution is -0.139. The number of urea groups is 2. The Kier molecular flexibility index (Phi) is 4.11. The molecule has 27 heavy (non-hydrogen) atoms. The van der Waals surface area contributed by atoms with Crippen molar-refractivity contribution in [3.05, 3.63) is 29.8 Å². The maximum absolute atomic E-state index is 12.5. The van der Waals surface area contributed by atoms with Crippen LogP contribution in [0.15, 0.2) is 34.5 Å². The third-order valence-electron chi connectivity index (χ3n) is 3.73. The molecule has 2 fully saturated rings. The molecular weight excluding hydrogens is 362 g/mol. The Morgan fingerprint density at radius 2 is 1.26 bits per heavy atom. The molecule has 3 rings (SSSR count). The van der Waals surface area contributed by atoms with Crippen LogP contribution in [0.1, 0.15) is 5.56 Å². The van der Waals surface area contributed by atoms with Gasteiger partial charge < -0.3 is 5.73 Å². The van der Waals surface area contributed by atoms with Gasteiger partial charge in [-0.2, -0.15) is 10.2 Å². The summed E-state index contributed by atoms with van der Waals surface area (Å²) >= 11 is 0. The number of barbiturate groups is 2. The number of carbonyl (C=O) groups is 6. The van der Waals surface area contributed by atoms with Crippen LogP contribution in [0.2, 0.25) is 0 Å². The molecule has 2 saturated heterocycles. The summed E-state index contributed by atoms with van der Waals surface area (Å²) in [5, 5.41) is 14.5. The number of imide groups is 4. The Labute approximate surface area is 149 Å². The molecule has 13 heteroatoms. The molecule has 0 aromatic heterocycles. The van der Waals surface area contributed by atoms with E-state index in [1.165, 1.54) is 24.3 Å². The first kappa shape index (κ1) is 17.7. The minimum absolute atomic E-state index is 0.0179. The second kappa shape index (κ2) is 6.29. The van der Waals surface area contributed by atoms with Gasteiger partial charge >= 0.3 is 12.1 Å². The number of hydrogen-bond donors (Lipinski definition) is 5. The van der Waals surface area contributed by atoms with Crippen LogP contribution in [0.3, 0.4) is 0 Å². The van der Waals surface area contributed by atoms with E-state index in [1.54, 1.807) is 10.6 Å². The van der Waals surface area contributed by atoms with Gasteiger partial charge in [0, 0.05) is 11.3 Å². The first-order chi connectivity index (χ1) is 12.7. The van der Waals surface area contributed by atoms with Gasteiger partial charge in [0.25, 0.3) is 29.2 Å². The van der Waals surface area contributed by atoms with Crippen LogP contribution >= 0.6 is 0 Å². The van der Waals surface area contributed by atoms with Crippen LogP contribution in [-0.2, 0) is 24.7 Å². The topological polar surface area (TPSA) is 201 Å². The summed E-state index contributed by atoms with van der Waals surface area (Å²) in [5.74, 6) is -4.46. The highest BCUT2D eigenvalue weighted by Gasteiger charge is 2.53. The predicted octanol–water partition coefficient (Wildman–Crippen LogP) is -1.98. The fourth-order valence-electron chi connectivity index (χ4n) is 2.42. The maximum atomic E-state index is 12.5. The van der Waals surface area contributed by atoms with Crippen LogP contribution in [0.4, 0.5) is 15.3 Å². The molecule has 2 heterocycles. The van der Waals surface area contributed by atoms with Crippen molar-refractivity contribution in [2.75, 3.05) is 5.73 Å². The van der Waals surface area contributed by atoms with Crippen LogP contribution in [-0.4, -0.2) is 41.7 Å². The summed E-state index contributed by atoms with van der Waals surface area (Å²) in [6.45, 7) is 0. The SMILES string of the molecule is Nc1ccc(C2(N=NC3C(=O)NC(=O)NC3=O)C(=O)NC(=O)NC2=O)cc1. The largest absolute Gasteiger partial charge is 0.399 e. The molecule has 0 radical (unpaired) electrons. The lowest BCUT2D eigenvalue weighted by Crippen LogP contribution is -2.64. The summed E-state index contributed by atoms with van der Waals surface area (Å²) in [6, 6.07) is 1.44. The second-order valence-corrected chi connectivity index (χ2v) is 5.50. The zero-order valence-electron chi connectivity index (χ0n) is 13.3. The molecule has 0 unspecified atom stereocenters. The van der Waals surface area contributed by atoms with Crippen LogP contribution in [0.25, 0.3) is 0 Å². The van der Waals surface area contributed by atoms with Crippen molar-refractivity contribution < 1.29 is 28.8 Å². The first-order valence-corrected chi connectivity index (χ1v) is 7.34. The molecule has 6 N–H and O–H groups in total. The average Bonchev–Trinajstić information content (AvgIpc) is 2.57. The molecule has 0 aliphatic carbocycles. The number of nitrogens with one attached hydrogen (secondary N) is 4. The lowest BCUT2D eigenvalue weighted by Gasteiger charge is -2.30. The van der Waals surface area contributed by atoms with Gasteiger partial charge in [-0.25, -0.2) is 9.59 Å². The van der Waals surface area contributed by atoms with E-state index < -0.39 is 47.3 Å². The summed E-state index contributed by atoms with van der Waals surface area (Å²) in [5.41, 5.74) is 3.50. The monoisotopic (exact) mass is 373 g/mol. The predicted molar refractivity (Wildman–Crippen MR) is 84.5 cm³/mol. The van der Waals surface area contributed by atoms with Crippen LogP contribution in [0, 0.1) is 0 Å². The van der Waals surface area contributed by atoms with Gasteiger partial charge in [-0.1, -0.05) is 12.1 Å².